The molecular formula is C16H15ClN2O4S. The van der Waals surface area contributed by atoms with Crippen LogP contribution in [0.15, 0.2) is 35.5 Å². The van der Waals surface area contributed by atoms with Gasteiger partial charge in [-0.05, 0) is 30.2 Å². The highest BCUT2D eigenvalue weighted by Crippen LogP contribution is 2.40. The van der Waals surface area contributed by atoms with Gasteiger partial charge in [-0.15, -0.1) is 11.8 Å². The summed E-state index contributed by atoms with van der Waals surface area (Å²) >= 11 is 7.26. The molecule has 2 atom stereocenters. The highest BCUT2D eigenvalue weighted by atomic mass is 35.5. The number of β-lactam (4-membered cyclic amide) rings is 1. The lowest BCUT2D eigenvalue weighted by Crippen LogP contribution is -2.70. The number of fused-ring (bicyclic) bond motifs is 1. The second kappa shape index (κ2) is 6.49. The predicted molar refractivity (Wildman–Crippen MR) is 90.5 cm³/mol. The van der Waals surface area contributed by atoms with Gasteiger partial charge in [0, 0.05) is 10.8 Å². The molecule has 1 aromatic rings. The van der Waals surface area contributed by atoms with E-state index in [-0.39, 0.29) is 29.3 Å². The first-order valence-corrected chi connectivity index (χ1v) is 8.72. The first-order valence-electron chi connectivity index (χ1n) is 7.30. The number of hydrogen-bond donors (Lipinski definition) is 2. The molecule has 1 fully saturated rings. The maximum atomic E-state index is 12.3. The monoisotopic (exact) mass is 366 g/mol. The Bertz CT molecular complexity index is 747. The van der Waals surface area contributed by atoms with Crippen LogP contribution in [-0.2, 0) is 20.8 Å². The van der Waals surface area contributed by atoms with Crippen LogP contribution in [0.4, 0.5) is 0 Å². The van der Waals surface area contributed by atoms with Crippen LogP contribution in [0.25, 0.3) is 0 Å². The van der Waals surface area contributed by atoms with E-state index < -0.39 is 12.0 Å². The Balaban J connectivity index is 1.66. The molecule has 2 N–H and O–H groups in total. The minimum Gasteiger partial charge on any atom is -0.477 e. The zero-order chi connectivity index (χ0) is 17.4. The van der Waals surface area contributed by atoms with Crippen molar-refractivity contribution in [1.29, 1.82) is 0 Å². The maximum Gasteiger partial charge on any atom is 0.352 e. The molecule has 0 unspecified atom stereocenters. The van der Waals surface area contributed by atoms with Crippen LogP contribution in [0.3, 0.4) is 0 Å². The van der Waals surface area contributed by atoms with Gasteiger partial charge in [0.2, 0.25) is 5.91 Å². The summed E-state index contributed by atoms with van der Waals surface area (Å²) < 4.78 is 0. The van der Waals surface area contributed by atoms with Crippen molar-refractivity contribution in [3.8, 4) is 0 Å². The summed E-state index contributed by atoms with van der Waals surface area (Å²) in [6, 6.07) is 6.22. The molecule has 0 saturated carbocycles. The maximum absolute atomic E-state index is 12.3. The number of nitrogens with zero attached hydrogens (tertiary/aromatic N) is 1. The molecule has 2 heterocycles. The number of aliphatic carboxylic acids is 1. The van der Waals surface area contributed by atoms with Gasteiger partial charge >= 0.3 is 5.97 Å². The number of benzene rings is 1. The number of carboxylic acids is 1. The summed E-state index contributed by atoms with van der Waals surface area (Å²) in [5, 5.41) is 12.2. The summed E-state index contributed by atoms with van der Waals surface area (Å²) in [5.41, 5.74) is 1.48. The summed E-state index contributed by atoms with van der Waals surface area (Å²) in [6.07, 6.45) is 0.138. The molecule has 0 aromatic heterocycles. The molecule has 0 radical (unpaired) electrons. The number of amides is 2. The minimum absolute atomic E-state index is 0.0342. The summed E-state index contributed by atoms with van der Waals surface area (Å²) in [7, 11) is 0. The molecule has 0 spiro atoms. The van der Waals surface area contributed by atoms with Crippen LogP contribution < -0.4 is 5.32 Å². The highest BCUT2D eigenvalue weighted by molar-refractivity contribution is 8.00. The normalized spacial score (nSPS) is 22.8. The Labute approximate surface area is 147 Å². The molecule has 3 rings (SSSR count). The van der Waals surface area contributed by atoms with E-state index in [2.05, 4.69) is 5.32 Å². The third-order valence-electron chi connectivity index (χ3n) is 3.96. The fourth-order valence-electron chi connectivity index (χ4n) is 2.79. The first kappa shape index (κ1) is 16.9. The number of carbonyl (C=O) groups excluding carboxylic acids is 2. The SMILES string of the molecule is CC1=C(C(=O)O)N2C(=O)[C@@H](NC(=O)Cc3ccc(Cl)cc3)[C@H]2SC1. The van der Waals surface area contributed by atoms with Gasteiger partial charge in [-0.25, -0.2) is 4.79 Å². The Morgan fingerprint density at radius 2 is 2.04 bits per heavy atom. The van der Waals surface area contributed by atoms with Crippen LogP contribution in [0.1, 0.15) is 12.5 Å². The molecule has 126 valence electrons. The van der Waals surface area contributed by atoms with Gasteiger partial charge in [-0.2, -0.15) is 0 Å². The smallest absolute Gasteiger partial charge is 0.352 e. The molecular weight excluding hydrogens is 352 g/mol. The number of hydrogen-bond acceptors (Lipinski definition) is 4. The number of nitrogens with one attached hydrogen (secondary N) is 1. The molecule has 2 aliphatic rings. The lowest BCUT2D eigenvalue weighted by atomic mass is 10.0. The Morgan fingerprint density at radius 3 is 2.67 bits per heavy atom. The standard InChI is InChI=1S/C16H15ClN2O4S/c1-8-7-24-15-12(14(21)19(15)13(8)16(22)23)18-11(20)6-9-2-4-10(17)5-3-9/h2-5,12,15H,6-7H2,1H3,(H,18,20)(H,22,23)/t12-,15-/m1/s1. The van der Waals surface area contributed by atoms with Gasteiger partial charge in [0.05, 0.1) is 6.42 Å². The number of rotatable bonds is 4. The molecule has 24 heavy (non-hydrogen) atoms. The third kappa shape index (κ3) is 3.01. The van der Waals surface area contributed by atoms with Crippen molar-refractivity contribution in [2.75, 3.05) is 5.75 Å². The zero-order valence-corrected chi connectivity index (χ0v) is 14.4. The van der Waals surface area contributed by atoms with Gasteiger partial charge in [0.15, 0.2) is 0 Å². The largest absolute Gasteiger partial charge is 0.477 e. The van der Waals surface area contributed by atoms with Crippen LogP contribution in [-0.4, -0.2) is 45.0 Å². The van der Waals surface area contributed by atoms with Crippen LogP contribution in [0.5, 0.6) is 0 Å². The van der Waals surface area contributed by atoms with Crippen LogP contribution in [0.2, 0.25) is 5.02 Å². The molecule has 6 nitrogen and oxygen atoms in total. The third-order valence-corrected chi connectivity index (χ3v) is 5.63. The summed E-state index contributed by atoms with van der Waals surface area (Å²) in [6.45, 7) is 1.70. The number of carboxylic acid groups (broad SMARTS) is 1. The average Bonchev–Trinajstić information content (AvgIpc) is 2.54. The van der Waals surface area contributed by atoms with Gasteiger partial charge in [0.1, 0.15) is 17.1 Å². The second-order valence-corrected chi connectivity index (χ2v) is 7.23. The Morgan fingerprint density at radius 1 is 1.38 bits per heavy atom. The number of halogens is 1. The van der Waals surface area contributed by atoms with E-state index in [4.69, 9.17) is 11.6 Å². The molecule has 0 bridgehead atoms. The van der Waals surface area contributed by atoms with Crippen LogP contribution >= 0.6 is 23.4 Å². The van der Waals surface area contributed by atoms with E-state index in [1.807, 2.05) is 0 Å². The van der Waals surface area contributed by atoms with Crippen molar-refractivity contribution in [3.05, 3.63) is 46.1 Å². The quantitative estimate of drug-likeness (QED) is 0.791. The van der Waals surface area contributed by atoms with E-state index in [0.717, 1.165) is 5.56 Å². The van der Waals surface area contributed by atoms with E-state index in [0.29, 0.717) is 16.3 Å². The lowest BCUT2D eigenvalue weighted by Gasteiger charge is -2.49. The Hall–Kier alpha value is -1.99. The topological polar surface area (TPSA) is 86.7 Å². The van der Waals surface area contributed by atoms with Crippen LogP contribution in [0, 0.1) is 0 Å². The molecule has 2 aliphatic heterocycles. The molecule has 0 aliphatic carbocycles. The minimum atomic E-state index is -1.11. The molecule has 1 saturated heterocycles. The highest BCUT2D eigenvalue weighted by Gasteiger charge is 2.53. The lowest BCUT2D eigenvalue weighted by molar-refractivity contribution is -0.150. The van der Waals surface area contributed by atoms with Crippen molar-refractivity contribution in [1.82, 2.24) is 10.2 Å². The van der Waals surface area contributed by atoms with Gasteiger partial charge in [0.25, 0.3) is 5.91 Å². The van der Waals surface area contributed by atoms with E-state index in [1.54, 1.807) is 31.2 Å². The zero-order valence-electron chi connectivity index (χ0n) is 12.8. The number of thioether (sulfide) groups is 1. The average molecular weight is 367 g/mol. The van der Waals surface area contributed by atoms with Crippen molar-refractivity contribution in [2.45, 2.75) is 24.8 Å². The van der Waals surface area contributed by atoms with E-state index >= 15 is 0 Å². The van der Waals surface area contributed by atoms with Crippen molar-refractivity contribution < 1.29 is 19.5 Å². The predicted octanol–water partition coefficient (Wildman–Crippen LogP) is 1.64. The Kier molecular flexibility index (Phi) is 4.56. The number of carbonyl (C=O) groups is 3. The van der Waals surface area contributed by atoms with Gasteiger partial charge in [-0.1, -0.05) is 23.7 Å². The first-order chi connectivity index (χ1) is 11.4. The summed E-state index contributed by atoms with van der Waals surface area (Å²) in [5.74, 6) is -1.25. The summed E-state index contributed by atoms with van der Waals surface area (Å²) in [4.78, 5) is 37.0. The second-order valence-electron chi connectivity index (χ2n) is 5.69. The molecule has 2 amide bonds. The van der Waals surface area contributed by atoms with Crippen molar-refractivity contribution in [3.63, 3.8) is 0 Å². The van der Waals surface area contributed by atoms with E-state index in [1.165, 1.54) is 16.7 Å². The van der Waals surface area contributed by atoms with Gasteiger partial charge < -0.3 is 10.4 Å². The van der Waals surface area contributed by atoms with Crippen molar-refractivity contribution in [2.24, 2.45) is 0 Å². The molecule has 8 heteroatoms. The fourth-order valence-corrected chi connectivity index (χ4v) is 4.21. The van der Waals surface area contributed by atoms with Crippen molar-refractivity contribution >= 4 is 41.1 Å². The molecule has 1 aromatic carbocycles. The van der Waals surface area contributed by atoms with E-state index in [9.17, 15) is 19.5 Å². The fraction of sp³-hybridized carbons (Fsp3) is 0.312. The van der Waals surface area contributed by atoms with Gasteiger partial charge in [-0.3, -0.25) is 14.5 Å².